The molecule has 2 aromatic rings. The van der Waals surface area contributed by atoms with Crippen LogP contribution in [0.25, 0.3) is 5.65 Å². The van der Waals surface area contributed by atoms with E-state index in [1.165, 1.54) is 25.7 Å². The number of hydrogen-bond acceptors (Lipinski definition) is 3. The van der Waals surface area contributed by atoms with E-state index < -0.39 is 0 Å². The Morgan fingerprint density at radius 2 is 2.16 bits per heavy atom. The lowest BCUT2D eigenvalue weighted by atomic mass is 10.2. The van der Waals surface area contributed by atoms with Crippen molar-refractivity contribution in [3.63, 3.8) is 0 Å². The summed E-state index contributed by atoms with van der Waals surface area (Å²) < 4.78 is 1.56. The van der Waals surface area contributed by atoms with E-state index in [0.29, 0.717) is 12.2 Å². The average molecular weight is 259 g/mol. The summed E-state index contributed by atoms with van der Waals surface area (Å²) >= 11 is 0. The van der Waals surface area contributed by atoms with Crippen LogP contribution in [0.3, 0.4) is 0 Å². The molecular formula is C15H21N3O. The van der Waals surface area contributed by atoms with Gasteiger partial charge in [-0.2, -0.15) is 0 Å². The van der Waals surface area contributed by atoms with E-state index in [2.05, 4.69) is 17.2 Å². The number of nitrogens with zero attached hydrogens (tertiary/aromatic N) is 2. The molecule has 4 nitrogen and oxygen atoms in total. The largest absolute Gasteiger partial charge is 0.311 e. The first-order chi connectivity index (χ1) is 9.31. The summed E-state index contributed by atoms with van der Waals surface area (Å²) in [6.07, 6.45) is 6.73. The fourth-order valence-electron chi connectivity index (χ4n) is 2.09. The Bertz CT molecular complexity index is 577. The van der Waals surface area contributed by atoms with E-state index in [0.717, 1.165) is 12.2 Å². The quantitative estimate of drug-likeness (QED) is 0.776. The van der Waals surface area contributed by atoms with Crippen molar-refractivity contribution >= 4 is 5.65 Å². The Kier molecular flexibility index (Phi) is 5.10. The predicted molar refractivity (Wildman–Crippen MR) is 77.3 cm³/mol. The summed E-state index contributed by atoms with van der Waals surface area (Å²) in [5, 5.41) is 3.34. The van der Waals surface area contributed by atoms with Crippen LogP contribution in [0.15, 0.2) is 35.3 Å². The fourth-order valence-corrected chi connectivity index (χ4v) is 2.09. The second-order valence-corrected chi connectivity index (χ2v) is 4.75. The Hall–Kier alpha value is -1.68. The standard InChI is InChI=1S/C15H21N3O/c1-2-3-4-6-9-16-12-13-11-15(19)18-10-7-5-8-14(18)17-13/h5,7-8,10-11,16H,2-4,6,9,12H2,1H3. The predicted octanol–water partition coefficient (Wildman–Crippen LogP) is 2.36. The zero-order chi connectivity index (χ0) is 13.5. The lowest BCUT2D eigenvalue weighted by molar-refractivity contribution is 0.593. The minimum Gasteiger partial charge on any atom is -0.311 e. The van der Waals surface area contributed by atoms with Crippen LogP contribution in [-0.2, 0) is 6.54 Å². The molecule has 0 bridgehead atoms. The maximum Gasteiger partial charge on any atom is 0.258 e. The molecular weight excluding hydrogens is 238 g/mol. The van der Waals surface area contributed by atoms with Gasteiger partial charge in [-0.3, -0.25) is 9.20 Å². The molecule has 0 aromatic carbocycles. The number of aromatic nitrogens is 2. The van der Waals surface area contributed by atoms with Crippen LogP contribution in [0.4, 0.5) is 0 Å². The average Bonchev–Trinajstić information content (AvgIpc) is 2.43. The molecule has 2 heterocycles. The smallest absolute Gasteiger partial charge is 0.258 e. The fraction of sp³-hybridized carbons (Fsp3) is 0.467. The first-order valence-electron chi connectivity index (χ1n) is 6.99. The van der Waals surface area contributed by atoms with Gasteiger partial charge in [-0.15, -0.1) is 0 Å². The van der Waals surface area contributed by atoms with Crippen molar-refractivity contribution in [2.45, 2.75) is 39.2 Å². The molecule has 0 atom stereocenters. The van der Waals surface area contributed by atoms with Crippen LogP contribution >= 0.6 is 0 Å². The van der Waals surface area contributed by atoms with Gasteiger partial charge in [-0.25, -0.2) is 4.98 Å². The number of hydrogen-bond donors (Lipinski definition) is 1. The number of pyridine rings is 1. The molecule has 0 amide bonds. The van der Waals surface area contributed by atoms with E-state index in [4.69, 9.17) is 0 Å². The van der Waals surface area contributed by atoms with Gasteiger partial charge in [-0.05, 0) is 25.1 Å². The van der Waals surface area contributed by atoms with Crippen molar-refractivity contribution in [2.75, 3.05) is 6.54 Å². The van der Waals surface area contributed by atoms with Crippen molar-refractivity contribution in [1.82, 2.24) is 14.7 Å². The van der Waals surface area contributed by atoms with Crippen molar-refractivity contribution in [2.24, 2.45) is 0 Å². The van der Waals surface area contributed by atoms with Gasteiger partial charge in [-0.1, -0.05) is 32.3 Å². The molecule has 0 radical (unpaired) electrons. The SMILES string of the molecule is CCCCCCNCc1cc(=O)n2ccccc2n1. The highest BCUT2D eigenvalue weighted by atomic mass is 16.1. The first kappa shape index (κ1) is 13.7. The van der Waals surface area contributed by atoms with Crippen molar-refractivity contribution in [3.05, 3.63) is 46.5 Å². The molecule has 102 valence electrons. The molecule has 0 unspecified atom stereocenters. The molecule has 2 rings (SSSR count). The second kappa shape index (κ2) is 7.04. The molecule has 0 saturated heterocycles. The van der Waals surface area contributed by atoms with Gasteiger partial charge in [0.2, 0.25) is 0 Å². The van der Waals surface area contributed by atoms with Gasteiger partial charge in [0.25, 0.3) is 5.56 Å². The summed E-state index contributed by atoms with van der Waals surface area (Å²) in [5.41, 5.74) is 1.50. The summed E-state index contributed by atoms with van der Waals surface area (Å²) in [5.74, 6) is 0. The molecule has 4 heteroatoms. The summed E-state index contributed by atoms with van der Waals surface area (Å²) in [6, 6.07) is 7.18. The molecule has 0 saturated carbocycles. The molecule has 19 heavy (non-hydrogen) atoms. The van der Waals surface area contributed by atoms with Gasteiger partial charge in [0.05, 0.1) is 5.69 Å². The maximum atomic E-state index is 11.9. The van der Waals surface area contributed by atoms with Crippen molar-refractivity contribution < 1.29 is 0 Å². The Morgan fingerprint density at radius 1 is 1.26 bits per heavy atom. The zero-order valence-corrected chi connectivity index (χ0v) is 11.4. The highest BCUT2D eigenvalue weighted by Crippen LogP contribution is 2.00. The summed E-state index contributed by atoms with van der Waals surface area (Å²) in [6.45, 7) is 3.85. The van der Waals surface area contributed by atoms with Gasteiger partial charge >= 0.3 is 0 Å². The van der Waals surface area contributed by atoms with Gasteiger partial charge in [0, 0.05) is 18.8 Å². The lowest BCUT2D eigenvalue weighted by Gasteiger charge is -2.05. The monoisotopic (exact) mass is 259 g/mol. The van der Waals surface area contributed by atoms with Crippen LogP contribution in [-0.4, -0.2) is 15.9 Å². The molecule has 0 aliphatic heterocycles. The van der Waals surface area contributed by atoms with Crippen LogP contribution in [0.1, 0.15) is 38.3 Å². The lowest BCUT2D eigenvalue weighted by Crippen LogP contribution is -2.20. The molecule has 0 spiro atoms. The normalized spacial score (nSPS) is 11.0. The summed E-state index contributed by atoms with van der Waals surface area (Å²) in [7, 11) is 0. The maximum absolute atomic E-state index is 11.9. The van der Waals surface area contributed by atoms with E-state index >= 15 is 0 Å². The highest BCUT2D eigenvalue weighted by Gasteiger charge is 2.00. The van der Waals surface area contributed by atoms with E-state index in [1.54, 1.807) is 16.7 Å². The number of fused-ring (bicyclic) bond motifs is 1. The van der Waals surface area contributed by atoms with Gasteiger partial charge in [0.15, 0.2) is 0 Å². The minimum absolute atomic E-state index is 0.0200. The molecule has 0 aliphatic rings. The van der Waals surface area contributed by atoms with Crippen LogP contribution in [0, 0.1) is 0 Å². The van der Waals surface area contributed by atoms with Crippen LogP contribution in [0.5, 0.6) is 0 Å². The van der Waals surface area contributed by atoms with E-state index in [-0.39, 0.29) is 5.56 Å². The third-order valence-corrected chi connectivity index (χ3v) is 3.14. The Balaban J connectivity index is 1.92. The van der Waals surface area contributed by atoms with Crippen molar-refractivity contribution in [1.29, 1.82) is 0 Å². The third kappa shape index (κ3) is 3.89. The second-order valence-electron chi connectivity index (χ2n) is 4.75. The Morgan fingerprint density at radius 3 is 3.00 bits per heavy atom. The number of unbranched alkanes of at least 4 members (excludes halogenated alkanes) is 3. The van der Waals surface area contributed by atoms with E-state index in [9.17, 15) is 4.79 Å². The molecule has 0 aliphatic carbocycles. The minimum atomic E-state index is -0.0200. The van der Waals surface area contributed by atoms with Gasteiger partial charge in [0.1, 0.15) is 5.65 Å². The Labute approximate surface area is 113 Å². The van der Waals surface area contributed by atoms with E-state index in [1.807, 2.05) is 18.2 Å². The molecule has 2 aromatic heterocycles. The third-order valence-electron chi connectivity index (χ3n) is 3.14. The number of rotatable bonds is 7. The number of nitrogens with one attached hydrogen (secondary N) is 1. The molecule has 1 N–H and O–H groups in total. The first-order valence-corrected chi connectivity index (χ1v) is 6.99. The zero-order valence-electron chi connectivity index (χ0n) is 11.4. The topological polar surface area (TPSA) is 46.4 Å². The van der Waals surface area contributed by atoms with Gasteiger partial charge < -0.3 is 5.32 Å². The van der Waals surface area contributed by atoms with Crippen LogP contribution in [0.2, 0.25) is 0 Å². The molecule has 0 fully saturated rings. The van der Waals surface area contributed by atoms with Crippen LogP contribution < -0.4 is 10.9 Å². The van der Waals surface area contributed by atoms with Crippen molar-refractivity contribution in [3.8, 4) is 0 Å². The summed E-state index contributed by atoms with van der Waals surface area (Å²) in [4.78, 5) is 16.3. The highest BCUT2D eigenvalue weighted by molar-refractivity contribution is 5.37.